The lowest BCUT2D eigenvalue weighted by Gasteiger charge is -2.30. The van der Waals surface area contributed by atoms with Gasteiger partial charge in [-0.2, -0.15) is 0 Å². The summed E-state index contributed by atoms with van der Waals surface area (Å²) in [5, 5.41) is 0. The molecule has 86 valence electrons. The van der Waals surface area contributed by atoms with Crippen molar-refractivity contribution in [3.8, 4) is 0 Å². The van der Waals surface area contributed by atoms with Crippen LogP contribution in [0.3, 0.4) is 0 Å². The average Bonchev–Trinajstić information content (AvgIpc) is 2.22. The molecule has 1 rings (SSSR count). The van der Waals surface area contributed by atoms with Gasteiger partial charge < -0.3 is 5.73 Å². The largest absolute Gasteiger partial charge is 0.401 e. The van der Waals surface area contributed by atoms with Crippen molar-refractivity contribution < 1.29 is 0 Å². The van der Waals surface area contributed by atoms with E-state index in [9.17, 15) is 0 Å². The third-order valence-electron chi connectivity index (χ3n) is 2.96. The van der Waals surface area contributed by atoms with Crippen molar-refractivity contribution in [3.05, 3.63) is 23.9 Å². The number of hydrogen-bond acceptors (Lipinski definition) is 2. The van der Waals surface area contributed by atoms with E-state index in [2.05, 4.69) is 30.9 Å². The van der Waals surface area contributed by atoms with Gasteiger partial charge in [0.15, 0.2) is 0 Å². The maximum absolute atomic E-state index is 5.95. The summed E-state index contributed by atoms with van der Waals surface area (Å²) in [4.78, 5) is 2.45. The molecule has 2 N–H and O–H groups in total. The standard InChI is InChI=1S/C13H24N2/c1-3-4-5-6-13(14)11-15-9-7-12(2)8-10-15/h4-6,12H,3,7-11,14H2,1-2H3/b5-4-,13-6-. The highest BCUT2D eigenvalue weighted by atomic mass is 15.1. The van der Waals surface area contributed by atoms with Crippen molar-refractivity contribution >= 4 is 0 Å². The van der Waals surface area contributed by atoms with E-state index in [0.717, 1.165) is 24.6 Å². The lowest BCUT2D eigenvalue weighted by atomic mass is 9.99. The number of hydrogen-bond donors (Lipinski definition) is 1. The monoisotopic (exact) mass is 208 g/mol. The summed E-state index contributed by atoms with van der Waals surface area (Å²) < 4.78 is 0. The molecule has 1 saturated heterocycles. The predicted octanol–water partition coefficient (Wildman–Crippen LogP) is 2.53. The first-order valence-corrected chi connectivity index (χ1v) is 6.06. The first-order valence-electron chi connectivity index (χ1n) is 6.06. The molecule has 1 aliphatic heterocycles. The zero-order chi connectivity index (χ0) is 11.1. The molecule has 1 heterocycles. The van der Waals surface area contributed by atoms with Crippen LogP contribution >= 0.6 is 0 Å². The molecule has 0 amide bonds. The minimum atomic E-state index is 0.895. The summed E-state index contributed by atoms with van der Waals surface area (Å²) in [5.41, 5.74) is 6.93. The topological polar surface area (TPSA) is 29.3 Å². The third kappa shape index (κ3) is 5.03. The van der Waals surface area contributed by atoms with Crippen molar-refractivity contribution in [2.45, 2.75) is 33.1 Å². The van der Waals surface area contributed by atoms with Crippen LogP contribution in [-0.4, -0.2) is 24.5 Å². The molecule has 0 aliphatic carbocycles. The molecule has 15 heavy (non-hydrogen) atoms. The lowest BCUT2D eigenvalue weighted by Crippen LogP contribution is -2.35. The summed E-state index contributed by atoms with van der Waals surface area (Å²) in [7, 11) is 0. The summed E-state index contributed by atoms with van der Waals surface area (Å²) in [6.07, 6.45) is 9.93. The van der Waals surface area contributed by atoms with E-state index in [0.29, 0.717) is 0 Å². The number of piperidine rings is 1. The smallest absolute Gasteiger partial charge is 0.0379 e. The van der Waals surface area contributed by atoms with Gasteiger partial charge in [0.2, 0.25) is 0 Å². The molecule has 0 radical (unpaired) electrons. The Kier molecular flexibility index (Phi) is 5.48. The predicted molar refractivity (Wildman–Crippen MR) is 66.5 cm³/mol. The van der Waals surface area contributed by atoms with Crippen molar-refractivity contribution in [1.82, 2.24) is 4.90 Å². The van der Waals surface area contributed by atoms with Crippen molar-refractivity contribution in [1.29, 1.82) is 0 Å². The second-order valence-electron chi connectivity index (χ2n) is 4.54. The van der Waals surface area contributed by atoms with Crippen LogP contribution in [0.4, 0.5) is 0 Å². The molecular formula is C13H24N2. The third-order valence-corrected chi connectivity index (χ3v) is 2.96. The van der Waals surface area contributed by atoms with Gasteiger partial charge in [-0.05, 0) is 44.3 Å². The fourth-order valence-corrected chi connectivity index (χ4v) is 1.86. The van der Waals surface area contributed by atoms with Crippen molar-refractivity contribution in [3.63, 3.8) is 0 Å². The van der Waals surface area contributed by atoms with Crippen molar-refractivity contribution in [2.75, 3.05) is 19.6 Å². The molecule has 0 unspecified atom stereocenters. The molecule has 0 bridgehead atoms. The molecule has 0 aromatic rings. The van der Waals surface area contributed by atoms with Crippen LogP contribution in [-0.2, 0) is 0 Å². The lowest BCUT2D eigenvalue weighted by molar-refractivity contribution is 0.206. The maximum Gasteiger partial charge on any atom is 0.0379 e. The summed E-state index contributed by atoms with van der Waals surface area (Å²) >= 11 is 0. The van der Waals surface area contributed by atoms with E-state index in [4.69, 9.17) is 5.73 Å². The Morgan fingerprint density at radius 2 is 2.07 bits per heavy atom. The van der Waals surface area contributed by atoms with Gasteiger partial charge in [0.25, 0.3) is 0 Å². The van der Waals surface area contributed by atoms with E-state index in [1.807, 2.05) is 6.08 Å². The number of allylic oxidation sites excluding steroid dienone is 3. The van der Waals surface area contributed by atoms with Gasteiger partial charge in [0.1, 0.15) is 0 Å². The Hall–Kier alpha value is -0.760. The van der Waals surface area contributed by atoms with Crippen molar-refractivity contribution in [2.24, 2.45) is 11.7 Å². The summed E-state index contributed by atoms with van der Waals surface area (Å²) in [6.45, 7) is 7.80. The van der Waals surface area contributed by atoms with Gasteiger partial charge in [0.05, 0.1) is 0 Å². The normalized spacial score (nSPS) is 21.3. The van der Waals surface area contributed by atoms with Gasteiger partial charge in [-0.3, -0.25) is 4.90 Å². The highest BCUT2D eigenvalue weighted by molar-refractivity contribution is 5.10. The molecule has 0 atom stereocenters. The van der Waals surface area contributed by atoms with Gasteiger partial charge in [-0.15, -0.1) is 0 Å². The van der Waals surface area contributed by atoms with Gasteiger partial charge in [-0.1, -0.05) is 26.0 Å². The Bertz CT molecular complexity index is 223. The molecule has 2 nitrogen and oxygen atoms in total. The van der Waals surface area contributed by atoms with E-state index < -0.39 is 0 Å². The molecule has 0 saturated carbocycles. The maximum atomic E-state index is 5.95. The quantitative estimate of drug-likeness (QED) is 0.719. The first kappa shape index (κ1) is 12.3. The van der Waals surface area contributed by atoms with Gasteiger partial charge in [-0.25, -0.2) is 0 Å². The molecule has 0 aromatic carbocycles. The first-order chi connectivity index (χ1) is 7.22. The van der Waals surface area contributed by atoms with Crippen LogP contribution in [0.15, 0.2) is 23.9 Å². The van der Waals surface area contributed by atoms with Crippen LogP contribution in [0.2, 0.25) is 0 Å². The molecule has 0 spiro atoms. The Labute approximate surface area is 93.8 Å². The Morgan fingerprint density at radius 3 is 2.67 bits per heavy atom. The van der Waals surface area contributed by atoms with E-state index in [1.54, 1.807) is 0 Å². The fourth-order valence-electron chi connectivity index (χ4n) is 1.86. The number of nitrogens with two attached hydrogens (primary N) is 1. The van der Waals surface area contributed by atoms with Crippen LogP contribution in [0.25, 0.3) is 0 Å². The Morgan fingerprint density at radius 1 is 1.40 bits per heavy atom. The molecule has 1 fully saturated rings. The fraction of sp³-hybridized carbons (Fsp3) is 0.692. The van der Waals surface area contributed by atoms with Crippen LogP contribution in [0.1, 0.15) is 33.1 Å². The average molecular weight is 208 g/mol. The summed E-state index contributed by atoms with van der Waals surface area (Å²) in [6, 6.07) is 0. The minimum absolute atomic E-state index is 0.895. The highest BCUT2D eigenvalue weighted by Crippen LogP contribution is 2.15. The second-order valence-corrected chi connectivity index (χ2v) is 4.54. The Balaban J connectivity index is 2.28. The van der Waals surface area contributed by atoms with E-state index in [1.165, 1.54) is 25.9 Å². The van der Waals surface area contributed by atoms with Crippen LogP contribution in [0.5, 0.6) is 0 Å². The van der Waals surface area contributed by atoms with E-state index >= 15 is 0 Å². The van der Waals surface area contributed by atoms with Crippen LogP contribution in [0, 0.1) is 5.92 Å². The molecule has 1 aliphatic rings. The molecular weight excluding hydrogens is 184 g/mol. The number of nitrogens with zero attached hydrogens (tertiary/aromatic N) is 1. The zero-order valence-corrected chi connectivity index (χ0v) is 10.1. The number of rotatable bonds is 4. The van der Waals surface area contributed by atoms with Gasteiger partial charge in [0, 0.05) is 12.2 Å². The highest BCUT2D eigenvalue weighted by Gasteiger charge is 2.15. The second kappa shape index (κ2) is 6.67. The molecule has 2 heteroatoms. The zero-order valence-electron chi connectivity index (χ0n) is 10.1. The number of likely N-dealkylation sites (tertiary alicyclic amines) is 1. The minimum Gasteiger partial charge on any atom is -0.401 e. The SMILES string of the molecule is CC/C=C\C=C(/N)CN1CCC(C)CC1. The van der Waals surface area contributed by atoms with Crippen LogP contribution < -0.4 is 5.73 Å². The van der Waals surface area contributed by atoms with E-state index in [-0.39, 0.29) is 0 Å². The van der Waals surface area contributed by atoms with Gasteiger partial charge >= 0.3 is 0 Å². The summed E-state index contributed by atoms with van der Waals surface area (Å²) in [5.74, 6) is 0.895. The molecule has 0 aromatic heterocycles.